The molecule has 0 amide bonds. The number of hydrogen-bond donors (Lipinski definition) is 2. The van der Waals surface area contributed by atoms with Crippen molar-refractivity contribution in [1.29, 1.82) is 0 Å². The maximum atomic E-state index is 11.2. The van der Waals surface area contributed by atoms with E-state index in [1.807, 2.05) is 18.2 Å². The van der Waals surface area contributed by atoms with Crippen LogP contribution in [0.25, 0.3) is 0 Å². The average Bonchev–Trinajstić information content (AvgIpc) is 2.76. The number of aliphatic hydroxyl groups is 2. The Labute approximate surface area is 189 Å². The molecule has 2 aromatic rings. The minimum atomic E-state index is -2.74. The van der Waals surface area contributed by atoms with E-state index in [1.54, 1.807) is 6.08 Å². The molecule has 0 aliphatic rings. The number of rotatable bonds is 12. The standard InChI is InChI=1S/C27H40O3Si/c1-5-6-9-20-25(29)26(21-14-15-22-28)30-31(27(2,3)4,23-16-10-7-11-17-23)24-18-12-8-13-19-24/h7-8,10-19,25-26,28-29H,5-6,9,20-22H2,1-4H3/b15-14+/t25-,26-/m0/s1. The van der Waals surface area contributed by atoms with Gasteiger partial charge in [0.1, 0.15) is 0 Å². The highest BCUT2D eigenvalue weighted by molar-refractivity contribution is 6.99. The second-order valence-corrected chi connectivity index (χ2v) is 13.5. The van der Waals surface area contributed by atoms with Gasteiger partial charge in [-0.15, -0.1) is 0 Å². The molecule has 2 atom stereocenters. The molecule has 0 fully saturated rings. The fourth-order valence-corrected chi connectivity index (χ4v) is 9.02. The lowest BCUT2D eigenvalue weighted by atomic mass is 10.0. The Balaban J connectivity index is 2.55. The molecule has 0 aromatic heterocycles. The lowest BCUT2D eigenvalue weighted by Crippen LogP contribution is -2.68. The van der Waals surface area contributed by atoms with E-state index in [0.717, 1.165) is 25.7 Å². The number of benzene rings is 2. The molecule has 2 rings (SSSR count). The average molecular weight is 441 g/mol. The van der Waals surface area contributed by atoms with Crippen LogP contribution in [0.1, 0.15) is 59.8 Å². The first-order valence-electron chi connectivity index (χ1n) is 11.6. The highest BCUT2D eigenvalue weighted by Crippen LogP contribution is 2.38. The predicted molar refractivity (Wildman–Crippen MR) is 133 cm³/mol. The van der Waals surface area contributed by atoms with Crippen LogP contribution in [0.5, 0.6) is 0 Å². The highest BCUT2D eigenvalue weighted by atomic mass is 28.4. The Morgan fingerprint density at radius 2 is 1.45 bits per heavy atom. The topological polar surface area (TPSA) is 49.7 Å². The van der Waals surface area contributed by atoms with E-state index >= 15 is 0 Å². The van der Waals surface area contributed by atoms with Crippen molar-refractivity contribution in [1.82, 2.24) is 0 Å². The van der Waals surface area contributed by atoms with Crippen LogP contribution < -0.4 is 10.4 Å². The molecule has 0 heterocycles. The molecule has 0 saturated carbocycles. The molecular formula is C27H40O3Si. The largest absolute Gasteiger partial charge is 0.402 e. The number of unbranched alkanes of at least 4 members (excludes halogenated alkanes) is 2. The third kappa shape index (κ3) is 6.63. The van der Waals surface area contributed by atoms with E-state index in [1.165, 1.54) is 10.4 Å². The second kappa shape index (κ2) is 12.3. The molecule has 0 aliphatic carbocycles. The van der Waals surface area contributed by atoms with Crippen LogP contribution in [-0.2, 0) is 4.43 Å². The predicted octanol–water partition coefficient (Wildman–Crippen LogP) is 4.81. The summed E-state index contributed by atoms with van der Waals surface area (Å²) in [7, 11) is -2.74. The fourth-order valence-electron chi connectivity index (χ4n) is 4.30. The van der Waals surface area contributed by atoms with Crippen molar-refractivity contribution in [3.8, 4) is 0 Å². The van der Waals surface area contributed by atoms with Crippen LogP contribution in [0.15, 0.2) is 72.8 Å². The first kappa shape index (κ1) is 25.5. The summed E-state index contributed by atoms with van der Waals surface area (Å²) in [4.78, 5) is 0. The van der Waals surface area contributed by atoms with Crippen molar-refractivity contribution in [2.24, 2.45) is 0 Å². The van der Waals surface area contributed by atoms with Crippen molar-refractivity contribution in [2.75, 3.05) is 6.61 Å². The van der Waals surface area contributed by atoms with Gasteiger partial charge in [-0.2, -0.15) is 0 Å². The zero-order valence-electron chi connectivity index (χ0n) is 19.6. The third-order valence-corrected chi connectivity index (χ3v) is 11.0. The van der Waals surface area contributed by atoms with E-state index in [0.29, 0.717) is 6.42 Å². The lowest BCUT2D eigenvalue weighted by molar-refractivity contribution is 0.0251. The number of aliphatic hydroxyl groups excluding tert-OH is 2. The van der Waals surface area contributed by atoms with Crippen molar-refractivity contribution in [2.45, 2.75) is 77.0 Å². The Morgan fingerprint density at radius 1 is 0.903 bits per heavy atom. The summed E-state index contributed by atoms with van der Waals surface area (Å²) < 4.78 is 7.17. The minimum absolute atomic E-state index is 0.00212. The van der Waals surface area contributed by atoms with E-state index in [4.69, 9.17) is 4.43 Å². The summed E-state index contributed by atoms with van der Waals surface area (Å²) in [5, 5.41) is 22.7. The molecular weight excluding hydrogens is 400 g/mol. The molecule has 0 unspecified atom stereocenters. The van der Waals surface area contributed by atoms with Crippen LogP contribution in [-0.4, -0.2) is 37.3 Å². The Kier molecular flexibility index (Phi) is 10.2. The van der Waals surface area contributed by atoms with Gasteiger partial charge in [0.15, 0.2) is 0 Å². The highest BCUT2D eigenvalue weighted by Gasteiger charge is 2.51. The van der Waals surface area contributed by atoms with Crippen LogP contribution in [0, 0.1) is 0 Å². The van der Waals surface area contributed by atoms with Crippen LogP contribution in [0.4, 0.5) is 0 Å². The first-order chi connectivity index (χ1) is 14.9. The van der Waals surface area contributed by atoms with Gasteiger partial charge in [-0.3, -0.25) is 0 Å². The molecule has 0 aliphatic heterocycles. The summed E-state index contributed by atoms with van der Waals surface area (Å²) in [5.74, 6) is 0. The van der Waals surface area contributed by atoms with E-state index < -0.39 is 14.4 Å². The molecule has 2 aromatic carbocycles. The summed E-state index contributed by atoms with van der Waals surface area (Å²) in [6, 6.07) is 21.1. The van der Waals surface area contributed by atoms with E-state index in [-0.39, 0.29) is 17.7 Å². The van der Waals surface area contributed by atoms with Gasteiger partial charge >= 0.3 is 0 Å². The summed E-state index contributed by atoms with van der Waals surface area (Å²) in [6.45, 7) is 8.93. The second-order valence-electron chi connectivity index (χ2n) is 9.27. The summed E-state index contributed by atoms with van der Waals surface area (Å²) in [6.07, 6.45) is 7.32. The molecule has 3 nitrogen and oxygen atoms in total. The summed E-state index contributed by atoms with van der Waals surface area (Å²) >= 11 is 0. The summed E-state index contributed by atoms with van der Waals surface area (Å²) in [5.41, 5.74) is 0. The normalized spacial score (nSPS) is 14.6. The van der Waals surface area contributed by atoms with Gasteiger partial charge in [0.25, 0.3) is 8.32 Å². The lowest BCUT2D eigenvalue weighted by Gasteiger charge is -2.46. The van der Waals surface area contributed by atoms with Crippen LogP contribution in [0.2, 0.25) is 5.04 Å². The Bertz CT molecular complexity index is 729. The molecule has 0 spiro atoms. The zero-order chi connectivity index (χ0) is 22.7. The maximum Gasteiger partial charge on any atom is 0.261 e. The quantitative estimate of drug-likeness (QED) is 0.283. The molecule has 4 heteroatoms. The van der Waals surface area contributed by atoms with Crippen molar-refractivity contribution in [3.05, 3.63) is 72.8 Å². The Hall–Kier alpha value is -1.72. The molecule has 0 bridgehead atoms. The SMILES string of the molecule is CCCCC[C@H](O)[C@H](C/C=C/CO)O[Si](c1ccccc1)(c1ccccc1)C(C)(C)C. The van der Waals surface area contributed by atoms with Gasteiger partial charge in [0.05, 0.1) is 18.8 Å². The molecule has 0 radical (unpaired) electrons. The molecule has 31 heavy (non-hydrogen) atoms. The van der Waals surface area contributed by atoms with Crippen molar-refractivity contribution in [3.63, 3.8) is 0 Å². The molecule has 170 valence electrons. The van der Waals surface area contributed by atoms with Gasteiger partial charge in [-0.25, -0.2) is 0 Å². The van der Waals surface area contributed by atoms with Gasteiger partial charge in [-0.05, 0) is 28.3 Å². The number of hydrogen-bond acceptors (Lipinski definition) is 3. The van der Waals surface area contributed by atoms with Crippen LogP contribution >= 0.6 is 0 Å². The molecule has 2 N–H and O–H groups in total. The third-order valence-electron chi connectivity index (χ3n) is 5.92. The van der Waals surface area contributed by atoms with E-state index in [9.17, 15) is 10.2 Å². The van der Waals surface area contributed by atoms with Gasteiger partial charge < -0.3 is 14.6 Å². The minimum Gasteiger partial charge on any atom is -0.402 e. The van der Waals surface area contributed by atoms with Crippen molar-refractivity contribution < 1.29 is 14.6 Å². The van der Waals surface area contributed by atoms with Crippen LogP contribution in [0.3, 0.4) is 0 Å². The zero-order valence-corrected chi connectivity index (χ0v) is 20.6. The van der Waals surface area contributed by atoms with Gasteiger partial charge in [0, 0.05) is 0 Å². The van der Waals surface area contributed by atoms with Gasteiger partial charge in [0.2, 0.25) is 0 Å². The van der Waals surface area contributed by atoms with E-state index in [2.05, 4.69) is 76.2 Å². The molecule has 0 saturated heterocycles. The maximum absolute atomic E-state index is 11.2. The van der Waals surface area contributed by atoms with Crippen molar-refractivity contribution >= 4 is 18.7 Å². The monoisotopic (exact) mass is 440 g/mol. The first-order valence-corrected chi connectivity index (χ1v) is 13.5. The Morgan fingerprint density at radius 3 is 1.90 bits per heavy atom. The van der Waals surface area contributed by atoms with Gasteiger partial charge in [-0.1, -0.05) is 120 Å². The smallest absolute Gasteiger partial charge is 0.261 e. The fraction of sp³-hybridized carbons (Fsp3) is 0.481.